The van der Waals surface area contributed by atoms with Crippen LogP contribution in [0.25, 0.3) is 0 Å². The van der Waals surface area contributed by atoms with Crippen LogP contribution in [0.1, 0.15) is 127 Å². The SMILES string of the molecule is COc1ccc(CC(NC(=O)C(CO)NC(=O)CN2CCOCC2)C(=O)NC(CC2=CCCCC2)C(=O)C2(CC3CN(CC(=O)NC(CO)C(=O)NC(Cc4ccc(OC)c(O)c4)C(=O)NC(CC4=CCCC(C5CCC=C(CC(NC(=O)C(NC(=O)C(CO)NC(=O)CN6CCOCC6)C(O)c6ccc(OC)cc6)C(=O)C6(C)CO6)C5)C4)C(=O)C4(C)CO4)CCO3)CO2)cc1. The van der Waals surface area contributed by atoms with E-state index >= 15 is 9.59 Å². The summed E-state index contributed by atoms with van der Waals surface area (Å²) in [6.07, 6.45) is 10.6. The maximum absolute atomic E-state index is 15.2. The summed E-state index contributed by atoms with van der Waals surface area (Å²) < 4.78 is 50.4. The number of carbonyl (C=O) groups excluding carboxylic acids is 12. The summed E-state index contributed by atoms with van der Waals surface area (Å²) in [5, 5.41) is 79.1. The predicted octanol–water partition coefficient (Wildman–Crippen LogP) is -0.790. The minimum atomic E-state index is -1.76. The first-order valence-corrected chi connectivity index (χ1v) is 45.4. The van der Waals surface area contributed by atoms with Crippen molar-refractivity contribution < 1.29 is 126 Å². The van der Waals surface area contributed by atoms with Crippen molar-refractivity contribution in [2.75, 3.05) is 153 Å². The van der Waals surface area contributed by atoms with E-state index in [2.05, 4.69) is 53.9 Å². The van der Waals surface area contributed by atoms with E-state index in [1.54, 1.807) is 61.2 Å². The van der Waals surface area contributed by atoms with Gasteiger partial charge in [-0.25, -0.2) is 0 Å². The second-order valence-electron chi connectivity index (χ2n) is 35.8. The number of ether oxygens (including phenoxy) is 9. The van der Waals surface area contributed by atoms with Crippen LogP contribution in [0.4, 0.5) is 0 Å². The Balaban J connectivity index is 0.679. The van der Waals surface area contributed by atoms with Crippen molar-refractivity contribution in [1.29, 1.82) is 0 Å². The quantitative estimate of drug-likeness (QED) is 0.0243. The highest BCUT2D eigenvalue weighted by molar-refractivity contribution is 6.02. The van der Waals surface area contributed by atoms with Gasteiger partial charge in [0.05, 0.1) is 138 Å². The molecule has 6 aliphatic heterocycles. The molecule has 3 aliphatic carbocycles. The van der Waals surface area contributed by atoms with Crippen LogP contribution >= 0.6 is 0 Å². The van der Waals surface area contributed by atoms with Gasteiger partial charge in [-0.05, 0) is 162 Å². The van der Waals surface area contributed by atoms with Crippen LogP contribution in [0.5, 0.6) is 23.0 Å². The lowest BCUT2D eigenvalue weighted by atomic mass is 9.71. The Morgan fingerprint density at radius 1 is 0.450 bits per heavy atom. The van der Waals surface area contributed by atoms with Crippen LogP contribution in [0, 0.1) is 11.8 Å². The second kappa shape index (κ2) is 46.9. The van der Waals surface area contributed by atoms with E-state index in [1.165, 1.54) is 45.6 Å². The molecule has 16 unspecified atom stereocenters. The number of carbonyl (C=O) groups is 12. The molecule has 3 aromatic carbocycles. The third kappa shape index (κ3) is 28.2. The Bertz CT molecular complexity index is 4600. The average molecular weight is 1830 g/mol. The first-order valence-electron chi connectivity index (χ1n) is 45.4. The van der Waals surface area contributed by atoms with Crippen molar-refractivity contribution in [3.8, 4) is 23.0 Å². The summed E-state index contributed by atoms with van der Waals surface area (Å²) in [7, 11) is 4.32. The standard InChI is InChI=1S/C93H128N12O26/c1-91(53-129-91)82(114)67(41-58-13-9-15-62(37-58)63-16-10-14-59(38-63)42-68(83(115)92(2)54-130-92)99-90(122)80(81(113)61-20-24-65(124-4)25-21-61)102-89(121)74(52-108)96-78(111)48-104-29-34-127-35-30-104)97-86(118)71(43-60-19-26-76(125-5)75(109)44-60)101-88(120)73(51-107)95-79(112)49-105-31-36-128-66(46-105)45-93(55-131-93)84(116)69(39-56-11-7-6-8-12-56)98-85(117)70(40-57-17-22-64(123-3)23-18-57)100-87(119)72(50-106)94-77(110)47-103-27-32-126-33-28-103/h11,13-14,17-26,44,62-63,66-74,80-81,106-109,113H,6-10,12,15-16,27-43,45-55H2,1-5H3,(H,94,110)(H,95,112)(H,96,111)(H,97,118)(H,98,117)(H,99,122)(H,100,119)(H,101,120)(H,102,121). The number of aromatic hydroxyl groups is 1. The highest BCUT2D eigenvalue weighted by atomic mass is 16.6. The van der Waals surface area contributed by atoms with Gasteiger partial charge in [-0.1, -0.05) is 65.3 Å². The number of benzene rings is 3. The molecule has 16 atom stereocenters. The number of morpholine rings is 3. The molecule has 0 spiro atoms. The number of phenols is 1. The molecule has 12 rings (SSSR count). The molecule has 38 nitrogen and oxygen atoms in total. The first kappa shape index (κ1) is 99.8. The van der Waals surface area contributed by atoms with E-state index < -0.39 is 174 Å². The third-order valence-electron chi connectivity index (χ3n) is 26.0. The molecule has 38 heteroatoms. The highest BCUT2D eigenvalue weighted by Gasteiger charge is 2.57. The van der Waals surface area contributed by atoms with Crippen LogP contribution in [-0.2, 0) is 98.8 Å². The molecule has 0 radical (unpaired) electrons. The van der Waals surface area contributed by atoms with Gasteiger partial charge in [0.15, 0.2) is 34.4 Å². The number of hydrogen-bond acceptors (Lipinski definition) is 29. The zero-order valence-corrected chi connectivity index (χ0v) is 75.2. The predicted molar refractivity (Wildman–Crippen MR) is 471 cm³/mol. The number of allylic oxidation sites excluding steroid dienone is 3. The summed E-state index contributed by atoms with van der Waals surface area (Å²) in [6, 6.07) is 4.61. The zero-order valence-electron chi connectivity index (χ0n) is 75.2. The number of Topliss-reactive ketones (excluding diaryl/α,β-unsaturated/α-hetero) is 3. The lowest BCUT2D eigenvalue weighted by Crippen LogP contribution is -2.59. The van der Waals surface area contributed by atoms with E-state index in [0.717, 1.165) is 48.8 Å². The number of ketones is 3. The van der Waals surface area contributed by atoms with Crippen molar-refractivity contribution in [3.05, 3.63) is 118 Å². The summed E-state index contributed by atoms with van der Waals surface area (Å²) in [4.78, 5) is 178. The Morgan fingerprint density at radius 2 is 0.870 bits per heavy atom. The molecule has 3 aromatic rings. The van der Waals surface area contributed by atoms with Crippen LogP contribution in [0.2, 0.25) is 0 Å². The largest absolute Gasteiger partial charge is 0.504 e. The van der Waals surface area contributed by atoms with Gasteiger partial charge in [-0.2, -0.15) is 0 Å². The summed E-state index contributed by atoms with van der Waals surface area (Å²) >= 11 is 0. The van der Waals surface area contributed by atoms with Gasteiger partial charge in [-0.15, -0.1) is 0 Å². The summed E-state index contributed by atoms with van der Waals surface area (Å²) in [5.41, 5.74) is -0.107. The molecule has 0 bridgehead atoms. The van der Waals surface area contributed by atoms with E-state index in [9.17, 15) is 73.5 Å². The van der Waals surface area contributed by atoms with Crippen LogP contribution < -0.4 is 62.1 Å². The average Bonchev–Trinajstić information content (AvgIpc) is 1.59. The number of aliphatic hydroxyl groups is 4. The third-order valence-corrected chi connectivity index (χ3v) is 26.0. The molecule has 716 valence electrons. The zero-order chi connectivity index (χ0) is 93.5. The summed E-state index contributed by atoms with van der Waals surface area (Å²) in [5.74, 6) is -7.43. The maximum atomic E-state index is 15.2. The van der Waals surface area contributed by atoms with Gasteiger partial charge >= 0.3 is 0 Å². The minimum Gasteiger partial charge on any atom is -0.504 e. The van der Waals surface area contributed by atoms with Gasteiger partial charge in [0.25, 0.3) is 0 Å². The number of aliphatic hydroxyl groups excluding tert-OH is 4. The van der Waals surface area contributed by atoms with Crippen molar-refractivity contribution in [1.82, 2.24) is 62.6 Å². The van der Waals surface area contributed by atoms with E-state index in [-0.39, 0.29) is 127 Å². The van der Waals surface area contributed by atoms with Gasteiger partial charge in [0.2, 0.25) is 53.2 Å². The molecule has 6 fully saturated rings. The lowest BCUT2D eigenvalue weighted by Gasteiger charge is -2.35. The number of rotatable bonds is 48. The number of phenolic OH excluding ortho intramolecular Hbond substituents is 1. The number of nitrogens with zero attached hydrogens (tertiary/aromatic N) is 3. The molecular weight excluding hydrogens is 1700 g/mol. The Morgan fingerprint density at radius 3 is 1.32 bits per heavy atom. The van der Waals surface area contributed by atoms with Gasteiger partial charge < -0.3 is 116 Å². The van der Waals surface area contributed by atoms with Crippen molar-refractivity contribution >= 4 is 70.5 Å². The van der Waals surface area contributed by atoms with Crippen LogP contribution in [0.15, 0.2) is 102 Å². The fourth-order valence-corrected chi connectivity index (χ4v) is 17.9. The summed E-state index contributed by atoms with van der Waals surface area (Å²) in [6.45, 7) is 4.42. The monoisotopic (exact) mass is 1830 g/mol. The first-order chi connectivity index (χ1) is 63.0. The van der Waals surface area contributed by atoms with Crippen molar-refractivity contribution in [3.63, 3.8) is 0 Å². The Hall–Kier alpha value is -10.2. The number of methoxy groups -OCH3 is 3. The number of hydrogen-bond donors (Lipinski definition) is 14. The molecular formula is C93H128N12O26. The van der Waals surface area contributed by atoms with Crippen molar-refractivity contribution in [2.45, 2.75) is 200 Å². The lowest BCUT2D eigenvalue weighted by molar-refractivity contribution is -0.137. The second-order valence-corrected chi connectivity index (χ2v) is 35.8. The van der Waals surface area contributed by atoms with Crippen LogP contribution in [-0.4, -0.2) is 341 Å². The van der Waals surface area contributed by atoms with Crippen molar-refractivity contribution in [2.24, 2.45) is 11.8 Å². The number of nitrogens with one attached hydrogen (secondary N) is 9. The van der Waals surface area contributed by atoms with E-state index in [1.807, 2.05) is 22.0 Å². The van der Waals surface area contributed by atoms with Gasteiger partial charge in [0, 0.05) is 58.5 Å². The molecule has 9 aliphatic rings. The molecule has 0 saturated carbocycles. The maximum Gasteiger partial charge on any atom is 0.246 e. The molecule has 131 heavy (non-hydrogen) atoms. The van der Waals surface area contributed by atoms with Gasteiger partial charge in [0.1, 0.15) is 65.1 Å². The Labute approximate surface area is 761 Å². The fraction of sp³-hybridized carbons (Fsp3) is 0.613. The molecule has 6 saturated heterocycles. The van der Waals surface area contributed by atoms with Gasteiger partial charge in [-0.3, -0.25) is 72.2 Å². The topological polar surface area (TPSA) is 517 Å². The number of epoxide rings is 3. The molecule has 6 heterocycles. The smallest absolute Gasteiger partial charge is 0.246 e. The molecule has 9 amide bonds. The number of amides is 9. The van der Waals surface area contributed by atoms with Crippen LogP contribution in [0.3, 0.4) is 0 Å². The highest BCUT2D eigenvalue weighted by Crippen LogP contribution is 2.43. The Kier molecular flexibility index (Phi) is 35.8. The van der Waals surface area contributed by atoms with E-state index in [0.29, 0.717) is 107 Å². The fourth-order valence-electron chi connectivity index (χ4n) is 17.9. The minimum absolute atomic E-state index is 0.0123. The normalized spacial score (nSPS) is 24.4. The molecule has 0 aromatic heterocycles. The molecule has 14 N–H and O–H groups in total. The van der Waals surface area contributed by atoms with E-state index in [4.69, 9.17) is 42.6 Å².